The number of anilines is 1. The predicted octanol–water partition coefficient (Wildman–Crippen LogP) is 2.60. The van der Waals surface area contributed by atoms with Gasteiger partial charge in [-0.1, -0.05) is 26.2 Å². The first-order valence-corrected chi connectivity index (χ1v) is 6.93. The molecule has 1 amide bonds. The van der Waals surface area contributed by atoms with E-state index in [0.717, 1.165) is 12.8 Å². The maximum Gasteiger partial charge on any atom is 0.253 e. The number of carbonyl (C=O) groups excluding carboxylic acids is 1. The summed E-state index contributed by atoms with van der Waals surface area (Å²) >= 11 is 0. The van der Waals surface area contributed by atoms with Crippen LogP contribution in [0.4, 0.5) is 5.69 Å². The smallest absolute Gasteiger partial charge is 0.253 e. The highest BCUT2D eigenvalue weighted by atomic mass is 16.5. The van der Waals surface area contributed by atoms with Gasteiger partial charge in [0.05, 0.1) is 19.8 Å². The molecule has 3 N–H and O–H groups in total. The van der Waals surface area contributed by atoms with Crippen LogP contribution in [0.2, 0.25) is 0 Å². The van der Waals surface area contributed by atoms with E-state index >= 15 is 0 Å². The molecule has 5 nitrogen and oxygen atoms in total. The Balaban J connectivity index is 2.68. The SMILES string of the molecule is CCCCCCNC(=O)c1cc(OC)c(OC)cc1N. The van der Waals surface area contributed by atoms with Gasteiger partial charge in [-0.05, 0) is 12.5 Å². The third-order valence-electron chi connectivity index (χ3n) is 3.12. The number of methoxy groups -OCH3 is 2. The van der Waals surface area contributed by atoms with Gasteiger partial charge in [0.25, 0.3) is 5.91 Å². The molecule has 0 heterocycles. The maximum absolute atomic E-state index is 12.1. The predicted molar refractivity (Wildman–Crippen MR) is 80.4 cm³/mol. The largest absolute Gasteiger partial charge is 0.493 e. The number of benzene rings is 1. The molecule has 0 unspecified atom stereocenters. The van der Waals surface area contributed by atoms with E-state index in [-0.39, 0.29) is 5.91 Å². The lowest BCUT2D eigenvalue weighted by Gasteiger charge is -2.12. The van der Waals surface area contributed by atoms with Crippen LogP contribution in [0.5, 0.6) is 11.5 Å². The molecule has 0 radical (unpaired) electrons. The quantitative estimate of drug-likeness (QED) is 0.567. The van der Waals surface area contributed by atoms with Gasteiger partial charge in [0.1, 0.15) is 0 Å². The van der Waals surface area contributed by atoms with Gasteiger partial charge in [-0.2, -0.15) is 0 Å². The molecule has 1 aromatic rings. The van der Waals surface area contributed by atoms with Crippen LogP contribution in [0.3, 0.4) is 0 Å². The summed E-state index contributed by atoms with van der Waals surface area (Å²) in [4.78, 5) is 12.1. The molecule has 0 fully saturated rings. The Hall–Kier alpha value is -1.91. The van der Waals surface area contributed by atoms with Gasteiger partial charge in [-0.3, -0.25) is 4.79 Å². The zero-order valence-corrected chi connectivity index (χ0v) is 12.5. The summed E-state index contributed by atoms with van der Waals surface area (Å²) < 4.78 is 10.3. The first-order chi connectivity index (χ1) is 9.63. The maximum atomic E-state index is 12.1. The Morgan fingerprint density at radius 3 is 2.40 bits per heavy atom. The van der Waals surface area contributed by atoms with E-state index in [9.17, 15) is 4.79 Å². The monoisotopic (exact) mass is 280 g/mol. The molecule has 112 valence electrons. The molecule has 0 aromatic heterocycles. The van der Waals surface area contributed by atoms with Crippen molar-refractivity contribution >= 4 is 11.6 Å². The van der Waals surface area contributed by atoms with Crippen molar-refractivity contribution in [3.63, 3.8) is 0 Å². The van der Waals surface area contributed by atoms with Gasteiger partial charge in [-0.25, -0.2) is 0 Å². The van der Waals surface area contributed by atoms with E-state index in [1.807, 2.05) is 0 Å². The number of hydrogen-bond donors (Lipinski definition) is 2. The van der Waals surface area contributed by atoms with E-state index in [0.29, 0.717) is 29.3 Å². The van der Waals surface area contributed by atoms with Crippen LogP contribution in [0.1, 0.15) is 43.0 Å². The standard InChI is InChI=1S/C15H24N2O3/c1-4-5-6-7-8-17-15(18)11-9-13(19-2)14(20-3)10-12(11)16/h9-10H,4-8,16H2,1-3H3,(H,17,18). The molecule has 0 atom stereocenters. The molecule has 20 heavy (non-hydrogen) atoms. The second kappa shape index (κ2) is 8.30. The topological polar surface area (TPSA) is 73.6 Å². The number of carbonyl (C=O) groups is 1. The summed E-state index contributed by atoms with van der Waals surface area (Å²) in [6, 6.07) is 3.21. The first-order valence-electron chi connectivity index (χ1n) is 6.93. The van der Waals surface area contributed by atoms with Gasteiger partial charge in [-0.15, -0.1) is 0 Å². The fourth-order valence-electron chi connectivity index (χ4n) is 1.94. The zero-order valence-electron chi connectivity index (χ0n) is 12.5. The Kier molecular flexibility index (Phi) is 6.70. The fourth-order valence-corrected chi connectivity index (χ4v) is 1.94. The van der Waals surface area contributed by atoms with Crippen molar-refractivity contribution in [1.82, 2.24) is 5.32 Å². The molecule has 0 saturated heterocycles. The van der Waals surface area contributed by atoms with E-state index in [2.05, 4.69) is 12.2 Å². The van der Waals surface area contributed by atoms with Crippen LogP contribution in [0.15, 0.2) is 12.1 Å². The molecule has 0 spiro atoms. The highest BCUT2D eigenvalue weighted by Gasteiger charge is 2.14. The summed E-state index contributed by atoms with van der Waals surface area (Å²) in [5.41, 5.74) is 6.68. The summed E-state index contributed by atoms with van der Waals surface area (Å²) in [7, 11) is 3.06. The number of unbranched alkanes of at least 4 members (excludes halogenated alkanes) is 3. The number of rotatable bonds is 8. The highest BCUT2D eigenvalue weighted by Crippen LogP contribution is 2.31. The van der Waals surface area contributed by atoms with Crippen LogP contribution in [0, 0.1) is 0 Å². The lowest BCUT2D eigenvalue weighted by Crippen LogP contribution is -2.25. The van der Waals surface area contributed by atoms with Crippen LogP contribution in [0.25, 0.3) is 0 Å². The Labute approximate surface area is 120 Å². The second-order valence-electron chi connectivity index (χ2n) is 4.61. The van der Waals surface area contributed by atoms with Crippen LogP contribution >= 0.6 is 0 Å². The second-order valence-corrected chi connectivity index (χ2v) is 4.61. The molecular formula is C15H24N2O3. The van der Waals surface area contributed by atoms with E-state index in [4.69, 9.17) is 15.2 Å². The van der Waals surface area contributed by atoms with Gasteiger partial charge < -0.3 is 20.5 Å². The number of hydrogen-bond acceptors (Lipinski definition) is 4. The molecule has 0 bridgehead atoms. The molecule has 1 rings (SSSR count). The van der Waals surface area contributed by atoms with Crippen molar-refractivity contribution in [3.05, 3.63) is 17.7 Å². The minimum Gasteiger partial charge on any atom is -0.493 e. The van der Waals surface area contributed by atoms with Crippen molar-refractivity contribution in [2.45, 2.75) is 32.6 Å². The fraction of sp³-hybridized carbons (Fsp3) is 0.533. The normalized spacial score (nSPS) is 10.2. The highest BCUT2D eigenvalue weighted by molar-refractivity contribution is 6.00. The van der Waals surface area contributed by atoms with Crippen molar-refractivity contribution in [1.29, 1.82) is 0 Å². The zero-order chi connectivity index (χ0) is 15.0. The minimum atomic E-state index is -0.181. The van der Waals surface area contributed by atoms with E-state index in [1.54, 1.807) is 12.1 Å². The molecular weight excluding hydrogens is 256 g/mol. The molecule has 0 aliphatic carbocycles. The van der Waals surface area contributed by atoms with Crippen molar-refractivity contribution in [2.24, 2.45) is 0 Å². The molecule has 0 saturated carbocycles. The minimum absolute atomic E-state index is 0.181. The summed E-state index contributed by atoms with van der Waals surface area (Å²) in [5.74, 6) is 0.835. The number of amides is 1. The number of nitrogen functional groups attached to an aromatic ring is 1. The third kappa shape index (κ3) is 4.33. The van der Waals surface area contributed by atoms with Crippen molar-refractivity contribution < 1.29 is 14.3 Å². The number of nitrogens with two attached hydrogens (primary N) is 1. The van der Waals surface area contributed by atoms with Crippen molar-refractivity contribution in [2.75, 3.05) is 26.5 Å². The van der Waals surface area contributed by atoms with Gasteiger partial charge in [0, 0.05) is 18.3 Å². The first kappa shape index (κ1) is 16.1. The van der Waals surface area contributed by atoms with Gasteiger partial charge in [0.15, 0.2) is 11.5 Å². The van der Waals surface area contributed by atoms with Crippen molar-refractivity contribution in [3.8, 4) is 11.5 Å². The summed E-state index contributed by atoms with van der Waals surface area (Å²) in [6.07, 6.45) is 4.47. The molecule has 1 aromatic carbocycles. The lowest BCUT2D eigenvalue weighted by atomic mass is 10.1. The Bertz CT molecular complexity index is 447. The Morgan fingerprint density at radius 2 is 1.80 bits per heavy atom. The van der Waals surface area contributed by atoms with Gasteiger partial charge >= 0.3 is 0 Å². The summed E-state index contributed by atoms with van der Waals surface area (Å²) in [5, 5.41) is 2.87. The third-order valence-corrected chi connectivity index (χ3v) is 3.12. The van der Waals surface area contributed by atoms with Crippen LogP contribution in [-0.2, 0) is 0 Å². The average molecular weight is 280 g/mol. The summed E-state index contributed by atoms with van der Waals surface area (Å²) in [6.45, 7) is 2.82. The molecule has 0 aliphatic heterocycles. The average Bonchev–Trinajstić information content (AvgIpc) is 2.46. The van der Waals surface area contributed by atoms with E-state index in [1.165, 1.54) is 27.1 Å². The number of ether oxygens (including phenoxy) is 2. The van der Waals surface area contributed by atoms with Gasteiger partial charge in [0.2, 0.25) is 0 Å². The lowest BCUT2D eigenvalue weighted by molar-refractivity contribution is 0.0953. The number of nitrogens with one attached hydrogen (secondary N) is 1. The Morgan fingerprint density at radius 1 is 1.15 bits per heavy atom. The van der Waals surface area contributed by atoms with E-state index < -0.39 is 0 Å². The van der Waals surface area contributed by atoms with Crippen LogP contribution in [-0.4, -0.2) is 26.7 Å². The molecule has 0 aliphatic rings. The molecule has 5 heteroatoms. The van der Waals surface area contributed by atoms with Crippen LogP contribution < -0.4 is 20.5 Å².